The summed E-state index contributed by atoms with van der Waals surface area (Å²) in [6.45, 7) is 0.830. The molecule has 4 nitrogen and oxygen atoms in total. The molecule has 2 aliphatic carbocycles. The van der Waals surface area contributed by atoms with E-state index in [1.165, 1.54) is 6.42 Å². The molecule has 3 fully saturated rings. The highest BCUT2D eigenvalue weighted by Crippen LogP contribution is 2.55. The normalized spacial score (nSPS) is 35.2. The number of fused-ring (bicyclic) bond motifs is 1. The van der Waals surface area contributed by atoms with Crippen molar-refractivity contribution in [3.8, 4) is 0 Å². The van der Waals surface area contributed by atoms with Crippen LogP contribution in [-0.2, 0) is 9.59 Å². The number of likely N-dealkylation sites (tertiary alicyclic amines) is 1. The summed E-state index contributed by atoms with van der Waals surface area (Å²) in [5.41, 5.74) is 0.950. The number of hydrogen-bond acceptors (Lipinski definition) is 2. The monoisotopic (exact) mass is 333 g/mol. The van der Waals surface area contributed by atoms with Gasteiger partial charge in [-0.25, -0.2) is 0 Å². The molecule has 1 saturated heterocycles. The van der Waals surface area contributed by atoms with E-state index >= 15 is 0 Å². The predicted octanol–water partition coefficient (Wildman–Crippen LogP) is 3.01. The smallest absolute Gasteiger partial charge is 0.308 e. The third kappa shape index (κ3) is 2.74. The molecule has 1 aliphatic heterocycles. The number of carboxylic acids is 1. The lowest BCUT2D eigenvalue weighted by molar-refractivity contribution is -0.142. The largest absolute Gasteiger partial charge is 0.481 e. The first-order valence-corrected chi connectivity index (χ1v) is 8.67. The van der Waals surface area contributed by atoms with E-state index in [1.54, 1.807) is 17.0 Å². The van der Waals surface area contributed by atoms with Gasteiger partial charge in [-0.3, -0.25) is 9.59 Å². The van der Waals surface area contributed by atoms with E-state index in [-0.39, 0.29) is 17.7 Å². The lowest BCUT2D eigenvalue weighted by Crippen LogP contribution is -2.34. The molecule has 122 valence electrons. The number of aliphatic carboxylic acids is 1. The minimum Gasteiger partial charge on any atom is -0.481 e. The van der Waals surface area contributed by atoms with Gasteiger partial charge in [-0.15, -0.1) is 0 Å². The molecule has 5 heteroatoms. The van der Waals surface area contributed by atoms with Crippen molar-refractivity contribution in [3.63, 3.8) is 0 Å². The average Bonchev–Trinajstić information content (AvgIpc) is 2.98. The fourth-order valence-electron chi connectivity index (χ4n) is 4.46. The Morgan fingerprint density at radius 1 is 1.04 bits per heavy atom. The quantitative estimate of drug-likeness (QED) is 0.925. The highest BCUT2D eigenvalue weighted by atomic mass is 35.5. The molecule has 0 spiro atoms. The summed E-state index contributed by atoms with van der Waals surface area (Å²) in [7, 11) is 0. The second-order valence-electron chi connectivity index (χ2n) is 7.27. The Morgan fingerprint density at radius 3 is 2.30 bits per heavy atom. The van der Waals surface area contributed by atoms with Gasteiger partial charge in [-0.05, 0) is 48.8 Å². The first kappa shape index (κ1) is 15.0. The Labute approximate surface area is 140 Å². The maximum Gasteiger partial charge on any atom is 0.308 e. The first-order valence-electron chi connectivity index (χ1n) is 8.30. The number of carboxylic acid groups (broad SMARTS) is 1. The molecule has 0 aromatic heterocycles. The highest BCUT2D eigenvalue weighted by Gasteiger charge is 2.50. The fraction of sp³-hybridized carbons (Fsp3) is 0.556. The zero-order valence-corrected chi connectivity index (χ0v) is 13.6. The van der Waals surface area contributed by atoms with E-state index in [2.05, 4.69) is 0 Å². The van der Waals surface area contributed by atoms with Gasteiger partial charge in [0.2, 0.25) is 5.91 Å². The summed E-state index contributed by atoms with van der Waals surface area (Å²) in [6.07, 6.45) is 3.29. The van der Waals surface area contributed by atoms with Gasteiger partial charge in [0.05, 0.1) is 5.92 Å². The van der Waals surface area contributed by atoms with Crippen LogP contribution in [0.15, 0.2) is 24.3 Å². The SMILES string of the molecule is O=C(O)[C@@H]1CN(C(=O)C2C[C@@H]3C[C@@H]3C2)C[C@H]1c1ccc(Cl)cc1. The van der Waals surface area contributed by atoms with Crippen LogP contribution in [0, 0.1) is 23.7 Å². The Kier molecular flexibility index (Phi) is 3.60. The lowest BCUT2D eigenvalue weighted by Gasteiger charge is -2.21. The number of hydrogen-bond donors (Lipinski definition) is 1. The minimum atomic E-state index is -0.825. The number of carbonyl (C=O) groups is 2. The van der Waals surface area contributed by atoms with E-state index in [9.17, 15) is 14.7 Å². The van der Waals surface area contributed by atoms with Crippen molar-refractivity contribution in [2.24, 2.45) is 23.7 Å². The second-order valence-corrected chi connectivity index (χ2v) is 7.71. The second kappa shape index (κ2) is 5.52. The summed E-state index contributed by atoms with van der Waals surface area (Å²) in [6, 6.07) is 7.32. The minimum absolute atomic E-state index is 0.122. The molecule has 0 bridgehead atoms. The summed E-state index contributed by atoms with van der Waals surface area (Å²) < 4.78 is 0. The summed E-state index contributed by atoms with van der Waals surface area (Å²) >= 11 is 5.92. The van der Waals surface area contributed by atoms with E-state index < -0.39 is 11.9 Å². The number of halogens is 1. The molecule has 1 aromatic rings. The maximum atomic E-state index is 12.7. The molecular weight excluding hydrogens is 314 g/mol. The van der Waals surface area contributed by atoms with Crippen molar-refractivity contribution in [1.29, 1.82) is 0 Å². The summed E-state index contributed by atoms with van der Waals surface area (Å²) in [4.78, 5) is 26.1. The van der Waals surface area contributed by atoms with Crippen LogP contribution in [-0.4, -0.2) is 35.0 Å². The summed E-state index contributed by atoms with van der Waals surface area (Å²) in [5, 5.41) is 10.2. The van der Waals surface area contributed by atoms with Crippen LogP contribution in [0.4, 0.5) is 0 Å². The predicted molar refractivity (Wildman–Crippen MR) is 86.2 cm³/mol. The number of amides is 1. The Hall–Kier alpha value is -1.55. The Morgan fingerprint density at radius 2 is 1.70 bits per heavy atom. The van der Waals surface area contributed by atoms with Crippen molar-refractivity contribution in [1.82, 2.24) is 4.90 Å². The van der Waals surface area contributed by atoms with Crippen LogP contribution in [0.5, 0.6) is 0 Å². The van der Waals surface area contributed by atoms with E-state index in [0.29, 0.717) is 18.1 Å². The van der Waals surface area contributed by atoms with Gasteiger partial charge < -0.3 is 10.0 Å². The number of nitrogens with zero attached hydrogens (tertiary/aromatic N) is 1. The lowest BCUT2D eigenvalue weighted by atomic mass is 9.89. The van der Waals surface area contributed by atoms with E-state index in [1.807, 2.05) is 12.1 Å². The van der Waals surface area contributed by atoms with Crippen LogP contribution < -0.4 is 0 Å². The van der Waals surface area contributed by atoms with Gasteiger partial charge in [-0.2, -0.15) is 0 Å². The van der Waals surface area contributed by atoms with Crippen LogP contribution in [0.25, 0.3) is 0 Å². The molecule has 0 radical (unpaired) electrons. The number of rotatable bonds is 3. The molecule has 4 rings (SSSR count). The van der Waals surface area contributed by atoms with Gasteiger partial charge in [-0.1, -0.05) is 23.7 Å². The zero-order chi connectivity index (χ0) is 16.1. The van der Waals surface area contributed by atoms with E-state index in [0.717, 1.165) is 30.2 Å². The van der Waals surface area contributed by atoms with Gasteiger partial charge in [0.1, 0.15) is 0 Å². The molecule has 5 atom stereocenters. The summed E-state index contributed by atoms with van der Waals surface area (Å²) in [5.74, 6) is 0.301. The fourth-order valence-corrected chi connectivity index (χ4v) is 4.58. The molecule has 3 aliphatic rings. The van der Waals surface area contributed by atoms with Gasteiger partial charge in [0.15, 0.2) is 0 Å². The molecule has 1 unspecified atom stereocenters. The molecule has 1 amide bonds. The molecular formula is C18H20ClNO3. The number of carbonyl (C=O) groups excluding carboxylic acids is 1. The molecule has 1 heterocycles. The van der Waals surface area contributed by atoms with Gasteiger partial charge in [0, 0.05) is 29.9 Å². The number of benzene rings is 1. The van der Waals surface area contributed by atoms with E-state index in [4.69, 9.17) is 11.6 Å². The van der Waals surface area contributed by atoms with Crippen LogP contribution in [0.3, 0.4) is 0 Å². The van der Waals surface area contributed by atoms with Gasteiger partial charge >= 0.3 is 5.97 Å². The third-order valence-electron chi connectivity index (χ3n) is 5.84. The molecule has 1 aromatic carbocycles. The maximum absolute atomic E-state index is 12.7. The average molecular weight is 334 g/mol. The van der Waals surface area contributed by atoms with Crippen LogP contribution >= 0.6 is 11.6 Å². The topological polar surface area (TPSA) is 57.6 Å². The van der Waals surface area contributed by atoms with Gasteiger partial charge in [0.25, 0.3) is 0 Å². The first-order chi connectivity index (χ1) is 11.0. The van der Waals surface area contributed by atoms with Crippen molar-refractivity contribution < 1.29 is 14.7 Å². The highest BCUT2D eigenvalue weighted by molar-refractivity contribution is 6.30. The van der Waals surface area contributed by atoms with Crippen molar-refractivity contribution in [2.75, 3.05) is 13.1 Å². The molecule has 1 N–H and O–H groups in total. The zero-order valence-electron chi connectivity index (χ0n) is 12.8. The Balaban J connectivity index is 1.51. The molecule has 23 heavy (non-hydrogen) atoms. The third-order valence-corrected chi connectivity index (χ3v) is 6.09. The van der Waals surface area contributed by atoms with Crippen molar-refractivity contribution in [3.05, 3.63) is 34.9 Å². The van der Waals surface area contributed by atoms with Crippen molar-refractivity contribution in [2.45, 2.75) is 25.2 Å². The van der Waals surface area contributed by atoms with Crippen LogP contribution in [0.2, 0.25) is 5.02 Å². The van der Waals surface area contributed by atoms with Crippen LogP contribution in [0.1, 0.15) is 30.7 Å². The standard InChI is InChI=1S/C18H20ClNO3/c19-14-3-1-10(2-4-14)15-8-20(9-16(15)18(22)23)17(21)13-6-11-5-12(11)7-13/h1-4,11-13,15-16H,5-9H2,(H,22,23)/t11-,12+,13?,15-,16+/m0/s1. The molecule has 2 saturated carbocycles. The van der Waals surface area contributed by atoms with Crippen molar-refractivity contribution >= 4 is 23.5 Å². The Bertz CT molecular complexity index is 634.